The van der Waals surface area contributed by atoms with Gasteiger partial charge in [-0.1, -0.05) is 174 Å². The zero-order chi connectivity index (χ0) is 27.3. The van der Waals surface area contributed by atoms with Crippen molar-refractivity contribution in [3.8, 4) is 0 Å². The van der Waals surface area contributed by atoms with Gasteiger partial charge in [-0.15, -0.1) is 0 Å². The molecular weight excluding hydrogens is 450 g/mol. The third-order valence-corrected chi connectivity index (χ3v) is 8.89. The summed E-state index contributed by atoms with van der Waals surface area (Å²) in [5, 5.41) is 10.9. The Bertz CT molecular complexity index is 421. The van der Waals surface area contributed by atoms with E-state index in [4.69, 9.17) is 0 Å². The van der Waals surface area contributed by atoms with Crippen molar-refractivity contribution < 1.29 is 9.85 Å². The highest BCUT2D eigenvalue weighted by Gasteiger charge is 2.26. The van der Waals surface area contributed by atoms with E-state index in [1.807, 2.05) is 7.05 Å². The maximum atomic E-state index is 10.9. The van der Waals surface area contributed by atoms with Crippen LogP contribution in [0.2, 0.25) is 0 Å². The Hall–Kier alpha value is -0.0800. The fraction of sp³-hybridized carbons (Fsp3) is 1.00. The van der Waals surface area contributed by atoms with E-state index in [1.54, 1.807) is 0 Å². The Morgan fingerprint density at radius 3 is 0.946 bits per heavy atom. The van der Waals surface area contributed by atoms with Crippen LogP contribution in [-0.4, -0.2) is 29.5 Å². The number of quaternary nitrogens is 1. The molecule has 0 spiro atoms. The second-order valence-corrected chi connectivity index (χ2v) is 12.8. The summed E-state index contributed by atoms with van der Waals surface area (Å²) in [4.78, 5) is 0. The van der Waals surface area contributed by atoms with E-state index in [-0.39, 0.29) is 4.65 Å². The smallest absolute Gasteiger partial charge is 0.116 e. The summed E-state index contributed by atoms with van der Waals surface area (Å²) in [5.74, 6) is 0. The van der Waals surface area contributed by atoms with Crippen molar-refractivity contribution in [1.82, 2.24) is 0 Å². The molecule has 0 fully saturated rings. The van der Waals surface area contributed by atoms with Crippen LogP contribution in [0.1, 0.15) is 207 Å². The summed E-state index contributed by atoms with van der Waals surface area (Å²) < 4.78 is 0.233. The quantitative estimate of drug-likeness (QED) is 0.0543. The average molecular weight is 525 g/mol. The molecule has 0 saturated carbocycles. The highest BCUT2D eigenvalue weighted by molar-refractivity contribution is 4.54. The predicted molar refractivity (Wildman–Crippen MR) is 168 cm³/mol. The number of rotatable bonds is 31. The van der Waals surface area contributed by atoms with Crippen LogP contribution in [0.5, 0.6) is 0 Å². The first-order chi connectivity index (χ1) is 18.0. The third kappa shape index (κ3) is 27.3. The standard InChI is InChI=1S/C35H74NO/c1-5-7-9-11-13-15-17-19-21-23-25-27-29-31-33-35(3)36(4,37)34-32-30-28-26-24-22-20-18-16-14-12-10-8-6-2/h35,37H,5-34H2,1-4H3/q+1. The topological polar surface area (TPSA) is 20.2 Å². The van der Waals surface area contributed by atoms with Crippen LogP contribution in [0, 0.1) is 0 Å². The Kier molecular flexibility index (Phi) is 28.9. The van der Waals surface area contributed by atoms with Gasteiger partial charge in [0.15, 0.2) is 0 Å². The van der Waals surface area contributed by atoms with Crippen molar-refractivity contribution in [2.75, 3.05) is 13.6 Å². The van der Waals surface area contributed by atoms with Crippen LogP contribution < -0.4 is 0 Å². The van der Waals surface area contributed by atoms with Gasteiger partial charge in [-0.2, -0.15) is 4.65 Å². The van der Waals surface area contributed by atoms with Gasteiger partial charge in [0.1, 0.15) is 12.6 Å². The molecule has 2 atom stereocenters. The normalized spacial score (nSPS) is 14.2. The van der Waals surface area contributed by atoms with Crippen molar-refractivity contribution in [3.05, 3.63) is 0 Å². The van der Waals surface area contributed by atoms with Crippen LogP contribution >= 0.6 is 0 Å². The molecule has 0 saturated heterocycles. The van der Waals surface area contributed by atoms with Gasteiger partial charge in [0, 0.05) is 6.42 Å². The largest absolute Gasteiger partial charge is 0.217 e. The van der Waals surface area contributed by atoms with Crippen molar-refractivity contribution >= 4 is 0 Å². The minimum absolute atomic E-state index is 0.233. The van der Waals surface area contributed by atoms with E-state index < -0.39 is 0 Å². The van der Waals surface area contributed by atoms with E-state index in [0.29, 0.717) is 6.04 Å². The Balaban J connectivity index is 3.42. The molecule has 0 radical (unpaired) electrons. The molecule has 0 bridgehead atoms. The monoisotopic (exact) mass is 525 g/mol. The van der Waals surface area contributed by atoms with E-state index in [1.165, 1.54) is 186 Å². The first kappa shape index (κ1) is 36.9. The lowest BCUT2D eigenvalue weighted by Gasteiger charge is -2.32. The molecule has 0 aliphatic heterocycles. The predicted octanol–water partition coefficient (Wildman–Crippen LogP) is 12.6. The number of unbranched alkanes of at least 4 members (excludes halogenated alkanes) is 26. The van der Waals surface area contributed by atoms with Crippen LogP contribution in [0.15, 0.2) is 0 Å². The van der Waals surface area contributed by atoms with Gasteiger partial charge in [-0.25, -0.2) is 5.21 Å². The molecule has 224 valence electrons. The summed E-state index contributed by atoms with van der Waals surface area (Å²) >= 11 is 0. The summed E-state index contributed by atoms with van der Waals surface area (Å²) in [6.07, 6.45) is 40.5. The fourth-order valence-corrected chi connectivity index (χ4v) is 5.76. The van der Waals surface area contributed by atoms with Gasteiger partial charge in [-0.3, -0.25) is 0 Å². The van der Waals surface area contributed by atoms with Gasteiger partial charge in [0.05, 0.1) is 7.05 Å². The highest BCUT2D eigenvalue weighted by atomic mass is 16.5. The molecule has 0 aliphatic carbocycles. The van der Waals surface area contributed by atoms with E-state index in [2.05, 4.69) is 20.8 Å². The maximum Gasteiger partial charge on any atom is 0.116 e. The Morgan fingerprint density at radius 2 is 0.649 bits per heavy atom. The lowest BCUT2D eigenvalue weighted by Crippen LogP contribution is -2.48. The van der Waals surface area contributed by atoms with Crippen LogP contribution in [-0.2, 0) is 0 Å². The van der Waals surface area contributed by atoms with Gasteiger partial charge < -0.3 is 0 Å². The van der Waals surface area contributed by atoms with Crippen LogP contribution in [0.3, 0.4) is 0 Å². The van der Waals surface area contributed by atoms with Gasteiger partial charge >= 0.3 is 0 Å². The summed E-state index contributed by atoms with van der Waals surface area (Å²) in [6.45, 7) is 7.78. The minimum atomic E-state index is 0.233. The van der Waals surface area contributed by atoms with Crippen molar-refractivity contribution in [1.29, 1.82) is 0 Å². The molecule has 2 unspecified atom stereocenters. The molecule has 0 heterocycles. The van der Waals surface area contributed by atoms with Crippen LogP contribution in [0.4, 0.5) is 0 Å². The third-order valence-electron chi connectivity index (χ3n) is 8.89. The molecule has 0 aromatic carbocycles. The lowest BCUT2D eigenvalue weighted by atomic mass is 10.0. The van der Waals surface area contributed by atoms with Crippen LogP contribution in [0.25, 0.3) is 0 Å². The second-order valence-electron chi connectivity index (χ2n) is 12.8. The molecule has 0 aliphatic rings. The van der Waals surface area contributed by atoms with Gasteiger partial charge in [0.25, 0.3) is 0 Å². The Morgan fingerprint density at radius 1 is 0.405 bits per heavy atom. The van der Waals surface area contributed by atoms with Gasteiger partial charge in [-0.05, 0) is 26.2 Å². The molecule has 0 rings (SSSR count). The molecule has 37 heavy (non-hydrogen) atoms. The number of hydrogen-bond donors (Lipinski definition) is 1. The average Bonchev–Trinajstić information content (AvgIpc) is 2.88. The SMILES string of the molecule is CCCCCCCCCCCCCCCCC(C)[N+](C)(O)CCCCCCCCCCCCCCCC. The Labute approximate surface area is 236 Å². The lowest BCUT2D eigenvalue weighted by molar-refractivity contribution is -1.10. The fourth-order valence-electron chi connectivity index (χ4n) is 5.76. The highest BCUT2D eigenvalue weighted by Crippen LogP contribution is 2.19. The summed E-state index contributed by atoms with van der Waals surface area (Å²) in [6, 6.07) is 0.374. The number of hydroxylamine groups is 3. The molecule has 0 aromatic heterocycles. The van der Waals surface area contributed by atoms with Crippen molar-refractivity contribution in [3.63, 3.8) is 0 Å². The van der Waals surface area contributed by atoms with E-state index >= 15 is 0 Å². The molecule has 0 aromatic rings. The van der Waals surface area contributed by atoms with Gasteiger partial charge in [0.2, 0.25) is 0 Å². The van der Waals surface area contributed by atoms with E-state index in [0.717, 1.165) is 6.54 Å². The van der Waals surface area contributed by atoms with Crippen molar-refractivity contribution in [2.24, 2.45) is 0 Å². The molecule has 1 N–H and O–H groups in total. The zero-order valence-electron chi connectivity index (χ0n) is 26.7. The second kappa shape index (κ2) is 28.9. The zero-order valence-corrected chi connectivity index (χ0v) is 26.7. The summed E-state index contributed by atoms with van der Waals surface area (Å²) in [7, 11) is 2.04. The summed E-state index contributed by atoms with van der Waals surface area (Å²) in [5.41, 5.74) is 0. The first-order valence-electron chi connectivity index (χ1n) is 17.6. The maximum absolute atomic E-state index is 10.9. The molecular formula is C35H74NO+. The first-order valence-corrected chi connectivity index (χ1v) is 17.6. The number of nitrogens with zero attached hydrogens (tertiary/aromatic N) is 1. The minimum Gasteiger partial charge on any atom is -0.217 e. The number of hydrogen-bond acceptors (Lipinski definition) is 1. The molecule has 2 heteroatoms. The van der Waals surface area contributed by atoms with Crippen molar-refractivity contribution in [2.45, 2.75) is 213 Å². The van der Waals surface area contributed by atoms with E-state index in [9.17, 15) is 5.21 Å². The molecule has 2 nitrogen and oxygen atoms in total. The molecule has 0 amide bonds.